The van der Waals surface area contributed by atoms with Gasteiger partial charge < -0.3 is 26.0 Å². The van der Waals surface area contributed by atoms with E-state index < -0.39 is 29.8 Å². The Morgan fingerprint density at radius 3 is 2.64 bits per heavy atom. The number of benzene rings is 1. The molecule has 2 aromatic rings. The lowest BCUT2D eigenvalue weighted by Gasteiger charge is -2.32. The van der Waals surface area contributed by atoms with Crippen LogP contribution in [-0.2, 0) is 23.9 Å². The van der Waals surface area contributed by atoms with Crippen LogP contribution in [0.1, 0.15) is 46.9 Å². The van der Waals surface area contributed by atoms with Gasteiger partial charge >= 0.3 is 6.18 Å². The van der Waals surface area contributed by atoms with Crippen LogP contribution >= 0.6 is 0 Å². The highest BCUT2D eigenvalue weighted by Crippen LogP contribution is 2.31. The van der Waals surface area contributed by atoms with Crippen LogP contribution in [0.5, 0.6) is 0 Å². The van der Waals surface area contributed by atoms with E-state index in [2.05, 4.69) is 25.9 Å². The predicted molar refractivity (Wildman–Crippen MR) is 125 cm³/mol. The van der Waals surface area contributed by atoms with E-state index in [4.69, 9.17) is 0 Å². The number of amides is 2. The van der Waals surface area contributed by atoms with Crippen molar-refractivity contribution < 1.29 is 27.9 Å². The average molecular weight is 507 g/mol. The number of nitrogens with zero attached hydrogens (tertiary/aromatic N) is 3. The normalized spacial score (nSPS) is 19.4. The fourth-order valence-corrected chi connectivity index (χ4v) is 4.53. The number of hydrogen-bond acceptors (Lipinski definition) is 7. The maximum atomic E-state index is 12.9. The molecule has 0 spiro atoms. The smallest absolute Gasteiger partial charge is 0.390 e. The van der Waals surface area contributed by atoms with Gasteiger partial charge in [-0.2, -0.15) is 13.2 Å². The number of aliphatic hydroxyl groups is 1. The molecule has 1 aromatic heterocycles. The van der Waals surface area contributed by atoms with Crippen molar-refractivity contribution in [3.8, 4) is 0 Å². The summed E-state index contributed by atoms with van der Waals surface area (Å²) in [6.45, 7) is 3.01. The number of nitrogens with one attached hydrogen (secondary N) is 3. The van der Waals surface area contributed by atoms with E-state index in [0.717, 1.165) is 30.5 Å². The van der Waals surface area contributed by atoms with Crippen molar-refractivity contribution in [3.05, 3.63) is 53.0 Å². The number of piperidine rings is 1. The Balaban J connectivity index is 1.28. The van der Waals surface area contributed by atoms with Gasteiger partial charge in [0.1, 0.15) is 17.8 Å². The summed E-state index contributed by atoms with van der Waals surface area (Å²) in [6.07, 6.45) is -2.19. The van der Waals surface area contributed by atoms with Gasteiger partial charge in [0, 0.05) is 51.3 Å². The molecule has 1 fully saturated rings. The van der Waals surface area contributed by atoms with Gasteiger partial charge in [-0.15, -0.1) is 0 Å². The van der Waals surface area contributed by atoms with E-state index in [1.807, 2.05) is 0 Å². The fourth-order valence-electron chi connectivity index (χ4n) is 4.53. The van der Waals surface area contributed by atoms with Crippen LogP contribution in [0.15, 0.2) is 30.6 Å². The number of aliphatic hydroxyl groups excluding tert-OH is 1. The number of carbonyl (C=O) groups is 2. The fraction of sp³-hybridized carbons (Fsp3) is 0.500. The number of likely N-dealkylation sites (tertiary alicyclic amines) is 1. The molecule has 0 aliphatic carbocycles. The zero-order valence-electron chi connectivity index (χ0n) is 19.8. The van der Waals surface area contributed by atoms with E-state index in [1.54, 1.807) is 11.8 Å². The second kappa shape index (κ2) is 10.8. The summed E-state index contributed by atoms with van der Waals surface area (Å²) >= 11 is 0. The summed E-state index contributed by atoms with van der Waals surface area (Å²) in [5.74, 6) is 0.0811. The van der Waals surface area contributed by atoms with Gasteiger partial charge in [-0.25, -0.2) is 9.97 Å². The van der Waals surface area contributed by atoms with Crippen molar-refractivity contribution in [3.63, 3.8) is 0 Å². The van der Waals surface area contributed by atoms with Gasteiger partial charge in [-0.1, -0.05) is 6.07 Å². The summed E-state index contributed by atoms with van der Waals surface area (Å²) in [6, 6.07) is 4.85. The molecule has 0 bridgehead atoms. The lowest BCUT2D eigenvalue weighted by atomic mass is 9.91. The van der Waals surface area contributed by atoms with Crippen LogP contribution in [0.2, 0.25) is 0 Å². The second-order valence-electron chi connectivity index (χ2n) is 9.16. The van der Waals surface area contributed by atoms with E-state index in [1.165, 1.54) is 18.5 Å². The summed E-state index contributed by atoms with van der Waals surface area (Å²) in [4.78, 5) is 34.1. The first-order valence-electron chi connectivity index (χ1n) is 11.8. The number of alkyl halides is 3. The molecule has 4 rings (SSSR count). The highest BCUT2D eigenvalue weighted by atomic mass is 19.4. The highest BCUT2D eigenvalue weighted by Gasteiger charge is 2.32. The van der Waals surface area contributed by atoms with Crippen LogP contribution in [0, 0.1) is 0 Å². The molecule has 4 N–H and O–H groups in total. The van der Waals surface area contributed by atoms with Gasteiger partial charge in [-0.05, 0) is 42.5 Å². The molecule has 36 heavy (non-hydrogen) atoms. The van der Waals surface area contributed by atoms with Crippen molar-refractivity contribution in [2.75, 3.05) is 25.0 Å². The monoisotopic (exact) mass is 506 g/mol. The van der Waals surface area contributed by atoms with Crippen molar-refractivity contribution in [1.82, 2.24) is 25.5 Å². The second-order valence-corrected chi connectivity index (χ2v) is 9.16. The molecule has 12 heteroatoms. The first-order valence-corrected chi connectivity index (χ1v) is 11.8. The molecule has 3 heterocycles. The molecule has 0 unspecified atom stereocenters. The molecule has 2 atom stereocenters. The third kappa shape index (κ3) is 6.30. The summed E-state index contributed by atoms with van der Waals surface area (Å²) in [5.41, 5.74) is 0.722. The Bertz CT molecular complexity index is 1100. The van der Waals surface area contributed by atoms with E-state index in [-0.39, 0.29) is 30.7 Å². The molecule has 9 nitrogen and oxygen atoms in total. The quantitative estimate of drug-likeness (QED) is 0.471. The maximum Gasteiger partial charge on any atom is 0.416 e. The number of aromatic nitrogens is 2. The Labute approximate surface area is 206 Å². The third-order valence-corrected chi connectivity index (χ3v) is 6.66. The summed E-state index contributed by atoms with van der Waals surface area (Å²) in [7, 11) is 0. The maximum absolute atomic E-state index is 12.9. The number of fused-ring (bicyclic) bond motifs is 1. The first-order chi connectivity index (χ1) is 17.1. The predicted octanol–water partition coefficient (Wildman–Crippen LogP) is 1.72. The molecule has 194 valence electrons. The first kappa shape index (κ1) is 25.8. The van der Waals surface area contributed by atoms with Crippen molar-refractivity contribution in [2.24, 2.45) is 0 Å². The van der Waals surface area contributed by atoms with Crippen LogP contribution in [-0.4, -0.2) is 69.6 Å². The van der Waals surface area contributed by atoms with Gasteiger partial charge in [0.05, 0.1) is 11.7 Å². The van der Waals surface area contributed by atoms with E-state index in [9.17, 15) is 27.9 Å². The Kier molecular flexibility index (Phi) is 7.74. The average Bonchev–Trinajstić information content (AvgIpc) is 2.86. The summed E-state index contributed by atoms with van der Waals surface area (Å²) in [5, 5.41) is 19.6. The van der Waals surface area contributed by atoms with Crippen LogP contribution in [0.25, 0.3) is 0 Å². The standard InChI is InChI=1S/C24H29F3N6O3/c1-14(34)33-6-4-18(5-7-33)32-22-10-20(30-13-31-22)23(36)29-12-21(35)19-9-15-2-3-17(24(25,26)27)8-16(15)11-28-19/h2-3,8,10,13,18-19,21,28,35H,4-7,9,11-12H2,1H3,(H,29,36)(H,30,31,32)/t19-,21+/m0/s1. The molecule has 1 saturated heterocycles. The van der Waals surface area contributed by atoms with Gasteiger partial charge in [0.15, 0.2) is 0 Å². The molecule has 0 saturated carbocycles. The van der Waals surface area contributed by atoms with Crippen molar-refractivity contribution >= 4 is 17.6 Å². The largest absolute Gasteiger partial charge is 0.416 e. The molecule has 2 aliphatic heterocycles. The molecule has 2 aliphatic rings. The lowest BCUT2D eigenvalue weighted by Crippen LogP contribution is -2.49. The summed E-state index contributed by atoms with van der Waals surface area (Å²) < 4.78 is 38.8. The lowest BCUT2D eigenvalue weighted by molar-refractivity contribution is -0.137. The van der Waals surface area contributed by atoms with Crippen LogP contribution in [0.3, 0.4) is 0 Å². The van der Waals surface area contributed by atoms with Gasteiger partial charge in [0.25, 0.3) is 5.91 Å². The number of hydrogen-bond donors (Lipinski definition) is 4. The molecular weight excluding hydrogens is 477 g/mol. The zero-order valence-corrected chi connectivity index (χ0v) is 19.8. The minimum atomic E-state index is -4.40. The SMILES string of the molecule is CC(=O)N1CCC(Nc2cc(C(=O)NC[C@@H](O)[C@@H]3Cc4ccc(C(F)(F)F)cc4CN3)ncn2)CC1. The van der Waals surface area contributed by atoms with Crippen LogP contribution in [0.4, 0.5) is 19.0 Å². The number of anilines is 1. The Morgan fingerprint density at radius 1 is 1.19 bits per heavy atom. The van der Waals surface area contributed by atoms with E-state index >= 15 is 0 Å². The number of rotatable bonds is 6. The number of halogens is 3. The molecule has 1 aromatic carbocycles. The topological polar surface area (TPSA) is 119 Å². The van der Waals surface area contributed by atoms with Crippen molar-refractivity contribution in [1.29, 1.82) is 0 Å². The molecular formula is C24H29F3N6O3. The molecule has 2 amide bonds. The zero-order chi connectivity index (χ0) is 25.9. The Morgan fingerprint density at radius 2 is 1.94 bits per heavy atom. The molecule has 0 radical (unpaired) electrons. The Hall–Kier alpha value is -3.25. The van der Waals surface area contributed by atoms with Gasteiger partial charge in [0.2, 0.25) is 5.91 Å². The third-order valence-electron chi connectivity index (χ3n) is 6.66. The van der Waals surface area contributed by atoms with Crippen LogP contribution < -0.4 is 16.0 Å². The van der Waals surface area contributed by atoms with Gasteiger partial charge in [-0.3, -0.25) is 9.59 Å². The highest BCUT2D eigenvalue weighted by molar-refractivity contribution is 5.92. The number of carbonyl (C=O) groups excluding carboxylic acids is 2. The minimum Gasteiger partial charge on any atom is -0.390 e. The van der Waals surface area contributed by atoms with Crippen molar-refractivity contribution in [2.45, 2.75) is 57.1 Å². The minimum absolute atomic E-state index is 0.0528. The van der Waals surface area contributed by atoms with E-state index in [0.29, 0.717) is 30.9 Å².